The Morgan fingerprint density at radius 2 is 2.55 bits per heavy atom. The molecule has 0 aliphatic carbocycles. The van der Waals surface area contributed by atoms with Crippen LogP contribution in [-0.2, 0) is 0 Å². The van der Waals surface area contributed by atoms with Gasteiger partial charge in [-0.05, 0) is 35.4 Å². The van der Waals surface area contributed by atoms with Crippen LogP contribution in [0.2, 0.25) is 0 Å². The molecule has 1 aliphatic rings. The molecule has 1 heterocycles. The fourth-order valence-corrected chi connectivity index (χ4v) is 1.03. The zero-order valence-corrected chi connectivity index (χ0v) is 7.41. The third-order valence-electron chi connectivity index (χ3n) is 0.841. The van der Waals surface area contributed by atoms with Gasteiger partial charge in [0.1, 0.15) is 0 Å². The van der Waals surface area contributed by atoms with Crippen LogP contribution in [0.25, 0.3) is 0 Å². The smallest absolute Gasteiger partial charge is 0.322 e. The van der Waals surface area contributed by atoms with Crippen LogP contribution in [0, 0.1) is 0 Å². The molecule has 1 atom stereocenters. The van der Waals surface area contributed by atoms with E-state index in [2.05, 4.69) is 37.7 Å². The van der Waals surface area contributed by atoms with Crippen LogP contribution >= 0.6 is 35.4 Å². The summed E-state index contributed by atoms with van der Waals surface area (Å²) in [6.07, 6.45) is 1.29. The highest BCUT2D eigenvalue weighted by Crippen LogP contribution is 2.21. The summed E-state index contributed by atoms with van der Waals surface area (Å²) in [5.74, 6) is 0. The van der Waals surface area contributed by atoms with Crippen molar-refractivity contribution >= 4 is 52.2 Å². The molecule has 0 amide bonds. The van der Waals surface area contributed by atoms with Crippen LogP contribution in [0.1, 0.15) is 0 Å². The number of halogens is 2. The minimum absolute atomic E-state index is 0.115. The van der Waals surface area contributed by atoms with E-state index in [0.29, 0.717) is 0 Å². The molecule has 1 unspecified atom stereocenters. The SMILES string of the molecule is S=C=NC1(Cl)N=CNC(Cl)=N1. The third kappa shape index (κ3) is 2.24. The van der Waals surface area contributed by atoms with Gasteiger partial charge >= 0.3 is 5.25 Å². The van der Waals surface area contributed by atoms with Crippen LogP contribution in [0.15, 0.2) is 15.0 Å². The molecule has 0 bridgehead atoms. The van der Waals surface area contributed by atoms with Crippen molar-refractivity contribution in [3.63, 3.8) is 0 Å². The summed E-state index contributed by atoms with van der Waals surface area (Å²) in [5.41, 5.74) is 0. The van der Waals surface area contributed by atoms with E-state index in [0.717, 1.165) is 0 Å². The lowest BCUT2D eigenvalue weighted by atomic mass is 10.8. The normalized spacial score (nSPS) is 28.4. The summed E-state index contributed by atoms with van der Waals surface area (Å²) in [5, 5.41) is 3.24. The van der Waals surface area contributed by atoms with Crippen LogP contribution in [0.4, 0.5) is 0 Å². The Balaban J connectivity index is 2.94. The van der Waals surface area contributed by atoms with E-state index in [-0.39, 0.29) is 5.29 Å². The topological polar surface area (TPSA) is 49.1 Å². The van der Waals surface area contributed by atoms with Crippen molar-refractivity contribution in [3.05, 3.63) is 0 Å². The van der Waals surface area contributed by atoms with E-state index in [4.69, 9.17) is 23.2 Å². The second-order valence-electron chi connectivity index (χ2n) is 1.56. The number of nitrogens with zero attached hydrogens (tertiary/aromatic N) is 3. The van der Waals surface area contributed by atoms with Crippen molar-refractivity contribution in [1.82, 2.24) is 5.32 Å². The van der Waals surface area contributed by atoms with E-state index >= 15 is 0 Å². The van der Waals surface area contributed by atoms with E-state index in [1.165, 1.54) is 6.34 Å². The largest absolute Gasteiger partial charge is 0.338 e. The third-order valence-corrected chi connectivity index (χ3v) is 1.39. The zero-order chi connectivity index (χ0) is 8.32. The highest BCUT2D eigenvalue weighted by molar-refractivity contribution is 7.78. The Labute approximate surface area is 78.0 Å². The van der Waals surface area contributed by atoms with Gasteiger partial charge in [-0.25, -0.2) is 4.99 Å². The van der Waals surface area contributed by atoms with E-state index in [9.17, 15) is 0 Å². The number of amidine groups is 1. The fourth-order valence-electron chi connectivity index (χ4n) is 0.466. The van der Waals surface area contributed by atoms with Gasteiger partial charge in [-0.3, -0.25) is 0 Å². The average molecular weight is 209 g/mol. The maximum absolute atomic E-state index is 5.66. The fraction of sp³-hybridized carbons (Fsp3) is 0.250. The van der Waals surface area contributed by atoms with Crippen LogP contribution in [-0.4, -0.2) is 22.0 Å². The number of aliphatic imine (C=N–C) groups is 3. The van der Waals surface area contributed by atoms with Gasteiger partial charge in [0.2, 0.25) is 5.29 Å². The van der Waals surface area contributed by atoms with Gasteiger partial charge in [0.05, 0.1) is 11.5 Å². The number of hydrogen-bond donors (Lipinski definition) is 1. The van der Waals surface area contributed by atoms with Crippen LogP contribution in [0.5, 0.6) is 0 Å². The van der Waals surface area contributed by atoms with Gasteiger partial charge in [-0.15, -0.1) is 0 Å². The first-order valence-corrected chi connectivity index (χ1v) is 3.66. The van der Waals surface area contributed by atoms with Gasteiger partial charge in [0.25, 0.3) is 0 Å². The molecule has 0 fully saturated rings. The number of isothiocyanates is 1. The molecule has 0 saturated carbocycles. The summed E-state index contributed by atoms with van der Waals surface area (Å²) in [6.45, 7) is 0. The van der Waals surface area contributed by atoms with Gasteiger partial charge < -0.3 is 5.32 Å². The molecule has 1 N–H and O–H groups in total. The molecular formula is C4H2Cl2N4S. The van der Waals surface area contributed by atoms with Crippen molar-refractivity contribution in [2.45, 2.75) is 5.25 Å². The van der Waals surface area contributed by atoms with Crippen LogP contribution in [0.3, 0.4) is 0 Å². The Bertz CT molecular complexity index is 269. The minimum Gasteiger partial charge on any atom is -0.322 e. The quantitative estimate of drug-likeness (QED) is 0.305. The van der Waals surface area contributed by atoms with E-state index < -0.39 is 5.25 Å². The molecule has 0 spiro atoms. The predicted molar refractivity (Wildman–Crippen MR) is 48.5 cm³/mol. The van der Waals surface area contributed by atoms with Gasteiger partial charge in [0, 0.05) is 0 Å². The monoisotopic (exact) mass is 208 g/mol. The van der Waals surface area contributed by atoms with Crippen molar-refractivity contribution in [3.8, 4) is 0 Å². The number of hydrogen-bond acceptors (Lipinski definition) is 5. The Kier molecular flexibility index (Phi) is 2.57. The number of nitrogens with one attached hydrogen (secondary N) is 1. The van der Waals surface area contributed by atoms with E-state index in [1.807, 2.05) is 0 Å². The first-order valence-electron chi connectivity index (χ1n) is 2.50. The summed E-state index contributed by atoms with van der Waals surface area (Å²) in [7, 11) is 0. The molecule has 0 aromatic rings. The first-order chi connectivity index (χ1) is 5.16. The molecule has 0 radical (unpaired) electrons. The molecule has 58 valence electrons. The zero-order valence-electron chi connectivity index (χ0n) is 5.08. The van der Waals surface area contributed by atoms with Crippen LogP contribution < -0.4 is 5.32 Å². The molecular weight excluding hydrogens is 207 g/mol. The molecule has 11 heavy (non-hydrogen) atoms. The molecule has 7 heteroatoms. The average Bonchev–Trinajstić information content (AvgIpc) is 1.86. The molecule has 4 nitrogen and oxygen atoms in total. The molecule has 1 rings (SSSR count). The standard InChI is InChI=1S/C4H2Cl2N4S/c5-3-7-1-8-4(6,10-3)9-2-11/h1H,(H,7,8,10). The molecule has 0 aromatic heterocycles. The minimum atomic E-state index is -1.45. The highest BCUT2D eigenvalue weighted by Gasteiger charge is 2.25. The van der Waals surface area contributed by atoms with Gasteiger partial charge in [-0.1, -0.05) is 0 Å². The summed E-state index contributed by atoms with van der Waals surface area (Å²) >= 11 is 15.5. The summed E-state index contributed by atoms with van der Waals surface area (Å²) < 4.78 is 0. The molecule has 0 aromatic carbocycles. The number of thiocarbonyl (C=S) groups is 1. The number of rotatable bonds is 1. The maximum Gasteiger partial charge on any atom is 0.338 e. The first kappa shape index (κ1) is 8.62. The predicted octanol–water partition coefficient (Wildman–Crippen LogP) is 1.17. The lowest BCUT2D eigenvalue weighted by Crippen LogP contribution is -2.28. The highest BCUT2D eigenvalue weighted by atomic mass is 35.5. The molecule has 1 aliphatic heterocycles. The van der Waals surface area contributed by atoms with Gasteiger partial charge in [-0.2, -0.15) is 9.98 Å². The second-order valence-corrected chi connectivity index (χ2v) is 2.61. The summed E-state index contributed by atoms with van der Waals surface area (Å²) in [4.78, 5) is 10.8. The Morgan fingerprint density at radius 3 is 3.09 bits per heavy atom. The lowest BCUT2D eigenvalue weighted by Gasteiger charge is -2.14. The number of alkyl halides is 1. The summed E-state index contributed by atoms with van der Waals surface area (Å²) in [6, 6.07) is 0. The van der Waals surface area contributed by atoms with Crippen molar-refractivity contribution < 1.29 is 0 Å². The molecule has 0 saturated heterocycles. The second kappa shape index (κ2) is 3.28. The Hall–Kier alpha value is -0.480. The Morgan fingerprint density at radius 1 is 1.82 bits per heavy atom. The van der Waals surface area contributed by atoms with E-state index in [1.54, 1.807) is 0 Å². The van der Waals surface area contributed by atoms with Crippen molar-refractivity contribution in [1.29, 1.82) is 0 Å². The lowest BCUT2D eigenvalue weighted by molar-refractivity contribution is 0.670. The maximum atomic E-state index is 5.66. The van der Waals surface area contributed by atoms with Gasteiger partial charge in [0.15, 0.2) is 0 Å². The van der Waals surface area contributed by atoms with Crippen molar-refractivity contribution in [2.24, 2.45) is 15.0 Å². The van der Waals surface area contributed by atoms with Crippen molar-refractivity contribution in [2.75, 3.05) is 0 Å².